The van der Waals surface area contributed by atoms with Gasteiger partial charge in [0.05, 0.1) is 22.6 Å². The van der Waals surface area contributed by atoms with Crippen LogP contribution >= 0.6 is 11.6 Å². The van der Waals surface area contributed by atoms with E-state index in [1.165, 1.54) is 30.6 Å². The molecule has 2 aromatic heterocycles. The van der Waals surface area contributed by atoms with Crippen LogP contribution in [0.4, 0.5) is 18.9 Å². The number of aryl methyl sites for hydroxylation is 1. The third-order valence-corrected chi connectivity index (χ3v) is 7.34. The number of amides is 1. The first kappa shape index (κ1) is 26.0. The highest BCUT2D eigenvalue weighted by atomic mass is 35.5. The number of nitrogens with zero attached hydrogens (tertiary/aromatic N) is 4. The largest absolute Gasteiger partial charge is 0.401 e. The SMILES string of the molecule is Cn1cnc(C2CC3CC(O)(C#Cc4cnc(OC(F)F)nc4)CC3C2)c1C(=O)Nc1ccc(F)c(Cl)c1. The normalized spacial score (nSPS) is 24.1. The molecule has 2 unspecified atom stereocenters. The quantitative estimate of drug-likeness (QED) is 0.456. The molecule has 2 fully saturated rings. The summed E-state index contributed by atoms with van der Waals surface area (Å²) in [6.07, 6.45) is 6.56. The zero-order valence-electron chi connectivity index (χ0n) is 20.2. The van der Waals surface area contributed by atoms with Crippen LogP contribution in [0, 0.1) is 29.5 Å². The topological polar surface area (TPSA) is 102 Å². The summed E-state index contributed by atoms with van der Waals surface area (Å²) in [5.41, 5.74) is 0.670. The summed E-state index contributed by atoms with van der Waals surface area (Å²) in [6, 6.07) is 3.53. The van der Waals surface area contributed by atoms with Crippen LogP contribution in [0.15, 0.2) is 36.9 Å². The summed E-state index contributed by atoms with van der Waals surface area (Å²) in [5.74, 6) is 5.23. The third-order valence-electron chi connectivity index (χ3n) is 7.05. The van der Waals surface area contributed by atoms with Gasteiger partial charge < -0.3 is 19.7 Å². The van der Waals surface area contributed by atoms with Gasteiger partial charge in [0.1, 0.15) is 17.1 Å². The number of rotatable bonds is 5. The van der Waals surface area contributed by atoms with Crippen LogP contribution in [0.1, 0.15) is 53.3 Å². The molecule has 5 rings (SSSR count). The molecular weight excluding hydrogens is 523 g/mol. The average molecular weight is 546 g/mol. The summed E-state index contributed by atoms with van der Waals surface area (Å²) < 4.78 is 43.7. The van der Waals surface area contributed by atoms with E-state index in [0.29, 0.717) is 35.5 Å². The van der Waals surface area contributed by atoms with Crippen molar-refractivity contribution in [1.29, 1.82) is 0 Å². The number of aliphatic hydroxyl groups is 1. The standard InChI is InChI=1S/C26H23ClF3N5O3/c1-35-13-33-21(22(35)23(36)34-18-2-3-20(28)19(27)8-18)15-6-16-9-26(37,10-17(16)7-15)5-4-14-11-31-25(32-12-14)38-24(29)30/h2-3,8,11-13,15-17,24,37H,6-7,9-10H2,1H3,(H,34,36). The maximum atomic E-state index is 13.5. The van der Waals surface area contributed by atoms with Crippen molar-refractivity contribution in [3.8, 4) is 17.9 Å². The molecule has 0 aliphatic heterocycles. The second-order valence-electron chi connectivity index (χ2n) is 9.68. The predicted molar refractivity (Wildman–Crippen MR) is 131 cm³/mol. The van der Waals surface area contributed by atoms with Crippen molar-refractivity contribution in [3.63, 3.8) is 0 Å². The molecule has 1 aromatic carbocycles. The highest BCUT2D eigenvalue weighted by molar-refractivity contribution is 6.31. The number of alkyl halides is 2. The van der Waals surface area contributed by atoms with Gasteiger partial charge in [-0.2, -0.15) is 8.78 Å². The number of hydrogen-bond donors (Lipinski definition) is 2. The molecule has 2 N–H and O–H groups in total. The third kappa shape index (κ3) is 5.47. The van der Waals surface area contributed by atoms with Gasteiger partial charge in [0.15, 0.2) is 0 Å². The number of nitrogens with one attached hydrogen (secondary N) is 1. The molecule has 1 amide bonds. The minimum absolute atomic E-state index is 0.0389. The molecule has 2 saturated carbocycles. The van der Waals surface area contributed by atoms with E-state index in [2.05, 4.69) is 36.8 Å². The van der Waals surface area contributed by atoms with Gasteiger partial charge in [-0.3, -0.25) is 4.79 Å². The van der Waals surface area contributed by atoms with Crippen LogP contribution in [-0.2, 0) is 7.05 Å². The lowest BCUT2D eigenvalue weighted by molar-refractivity contribution is -0.0561. The zero-order valence-corrected chi connectivity index (χ0v) is 20.9. The second kappa shape index (κ2) is 10.3. The molecule has 198 valence electrons. The number of ether oxygens (including phenoxy) is 1. The summed E-state index contributed by atoms with van der Waals surface area (Å²) in [7, 11) is 1.74. The molecule has 3 aromatic rings. The molecule has 0 bridgehead atoms. The number of imidazole rings is 1. The van der Waals surface area contributed by atoms with Crippen molar-refractivity contribution >= 4 is 23.2 Å². The molecule has 2 atom stereocenters. The molecule has 12 heteroatoms. The Kier molecular flexibility index (Phi) is 7.03. The number of hydrogen-bond acceptors (Lipinski definition) is 6. The van der Waals surface area contributed by atoms with E-state index in [1.54, 1.807) is 17.9 Å². The maximum absolute atomic E-state index is 13.5. The Balaban J connectivity index is 1.24. The van der Waals surface area contributed by atoms with Crippen molar-refractivity contribution in [3.05, 3.63) is 64.7 Å². The van der Waals surface area contributed by atoms with Gasteiger partial charge in [-0.25, -0.2) is 19.3 Å². The summed E-state index contributed by atoms with van der Waals surface area (Å²) >= 11 is 5.84. The Morgan fingerprint density at radius 1 is 1.24 bits per heavy atom. The number of carbonyl (C=O) groups excluding carboxylic acids is 1. The minimum Gasteiger partial charge on any atom is -0.401 e. The fourth-order valence-corrected chi connectivity index (χ4v) is 5.67. The Labute approximate surface area is 221 Å². The molecule has 0 saturated heterocycles. The van der Waals surface area contributed by atoms with Gasteiger partial charge in [-0.05, 0) is 55.7 Å². The monoisotopic (exact) mass is 545 g/mol. The fraction of sp³-hybridized carbons (Fsp3) is 0.385. The van der Waals surface area contributed by atoms with Gasteiger partial charge in [-0.15, -0.1) is 0 Å². The highest BCUT2D eigenvalue weighted by Gasteiger charge is 2.49. The minimum atomic E-state index is -3.01. The molecule has 0 spiro atoms. The van der Waals surface area contributed by atoms with Gasteiger partial charge in [-0.1, -0.05) is 23.4 Å². The van der Waals surface area contributed by atoms with Crippen molar-refractivity contribution in [1.82, 2.24) is 19.5 Å². The summed E-state index contributed by atoms with van der Waals surface area (Å²) in [6.45, 7) is -3.01. The molecule has 2 aliphatic rings. The number of aromatic nitrogens is 4. The van der Waals surface area contributed by atoms with Gasteiger partial charge in [0.25, 0.3) is 5.91 Å². The van der Waals surface area contributed by atoms with E-state index in [9.17, 15) is 23.1 Å². The maximum Gasteiger partial charge on any atom is 0.389 e. The fourth-order valence-electron chi connectivity index (χ4n) is 5.49. The van der Waals surface area contributed by atoms with Crippen molar-refractivity contribution in [2.75, 3.05) is 5.32 Å². The number of carbonyl (C=O) groups is 1. The predicted octanol–water partition coefficient (Wildman–Crippen LogP) is 4.54. The molecule has 2 heterocycles. The smallest absolute Gasteiger partial charge is 0.389 e. The van der Waals surface area contributed by atoms with Crippen LogP contribution in [0.3, 0.4) is 0 Å². The lowest BCUT2D eigenvalue weighted by atomic mass is 9.92. The van der Waals surface area contributed by atoms with Gasteiger partial charge >= 0.3 is 12.6 Å². The Hall–Kier alpha value is -3.62. The zero-order chi connectivity index (χ0) is 27.0. The lowest BCUT2D eigenvalue weighted by Gasteiger charge is -2.19. The Morgan fingerprint density at radius 2 is 1.92 bits per heavy atom. The van der Waals surface area contributed by atoms with E-state index in [1.807, 2.05) is 0 Å². The van der Waals surface area contributed by atoms with Gasteiger partial charge in [0, 0.05) is 31.0 Å². The first-order valence-electron chi connectivity index (χ1n) is 11.9. The molecule has 8 nitrogen and oxygen atoms in total. The van der Waals surface area contributed by atoms with E-state index in [0.717, 1.165) is 12.8 Å². The van der Waals surface area contributed by atoms with E-state index < -0.39 is 24.0 Å². The van der Waals surface area contributed by atoms with Crippen LogP contribution in [0.5, 0.6) is 6.01 Å². The van der Waals surface area contributed by atoms with Crippen LogP contribution in [-0.4, -0.2) is 42.7 Å². The second-order valence-corrected chi connectivity index (χ2v) is 10.1. The molecule has 2 aliphatic carbocycles. The van der Waals surface area contributed by atoms with Gasteiger partial charge in [0.2, 0.25) is 0 Å². The van der Waals surface area contributed by atoms with E-state index in [-0.39, 0.29) is 28.7 Å². The molecular formula is C26H23ClF3N5O3. The Morgan fingerprint density at radius 3 is 2.55 bits per heavy atom. The van der Waals surface area contributed by atoms with E-state index in [4.69, 9.17) is 11.6 Å². The highest BCUT2D eigenvalue weighted by Crippen LogP contribution is 2.53. The van der Waals surface area contributed by atoms with Crippen LogP contribution < -0.4 is 10.1 Å². The first-order chi connectivity index (χ1) is 18.1. The number of anilines is 1. The number of fused-ring (bicyclic) bond motifs is 1. The summed E-state index contributed by atoms with van der Waals surface area (Å²) in [4.78, 5) is 25.0. The number of benzene rings is 1. The van der Waals surface area contributed by atoms with Crippen molar-refractivity contribution in [2.45, 2.75) is 43.8 Å². The molecule has 0 radical (unpaired) electrons. The van der Waals surface area contributed by atoms with Crippen molar-refractivity contribution < 1.29 is 27.8 Å². The molecule has 38 heavy (non-hydrogen) atoms. The van der Waals surface area contributed by atoms with Crippen LogP contribution in [0.25, 0.3) is 0 Å². The lowest BCUT2D eigenvalue weighted by Crippen LogP contribution is -2.24. The van der Waals surface area contributed by atoms with E-state index >= 15 is 0 Å². The first-order valence-corrected chi connectivity index (χ1v) is 12.3. The van der Waals surface area contributed by atoms with Crippen LogP contribution in [0.2, 0.25) is 5.02 Å². The summed E-state index contributed by atoms with van der Waals surface area (Å²) in [5, 5.41) is 13.8. The van der Waals surface area contributed by atoms with Crippen molar-refractivity contribution in [2.24, 2.45) is 18.9 Å². The Bertz CT molecular complexity index is 1410. The number of halogens is 4. The average Bonchev–Trinajstić information content (AvgIpc) is 3.51.